The standard InChI is InChI=1S/C19H32N2/c1-5-20-19(18-8-6-16(4)7-9-18)14-21-12-10-17(11-13-21)15(2)3/h6-9,15,17,19-20H,5,10-14H2,1-4H3. The van der Waals surface area contributed by atoms with Gasteiger partial charge in [0.15, 0.2) is 0 Å². The van der Waals surface area contributed by atoms with Crippen molar-refractivity contribution < 1.29 is 0 Å². The van der Waals surface area contributed by atoms with Crippen LogP contribution in [-0.4, -0.2) is 31.1 Å². The highest BCUT2D eigenvalue weighted by Crippen LogP contribution is 2.26. The molecule has 1 atom stereocenters. The van der Waals surface area contributed by atoms with Gasteiger partial charge >= 0.3 is 0 Å². The molecule has 2 nitrogen and oxygen atoms in total. The monoisotopic (exact) mass is 288 g/mol. The molecule has 21 heavy (non-hydrogen) atoms. The molecule has 0 saturated carbocycles. The maximum atomic E-state index is 3.66. The zero-order valence-corrected chi connectivity index (χ0v) is 14.2. The second kappa shape index (κ2) is 7.95. The molecule has 0 aliphatic carbocycles. The number of hydrogen-bond donors (Lipinski definition) is 1. The number of hydrogen-bond acceptors (Lipinski definition) is 2. The molecule has 1 unspecified atom stereocenters. The molecule has 1 fully saturated rings. The minimum atomic E-state index is 0.464. The first kappa shape index (κ1) is 16.5. The van der Waals surface area contributed by atoms with E-state index in [0.717, 1.165) is 24.9 Å². The van der Waals surface area contributed by atoms with Crippen LogP contribution in [-0.2, 0) is 0 Å². The van der Waals surface area contributed by atoms with Crippen LogP contribution in [0.4, 0.5) is 0 Å². The van der Waals surface area contributed by atoms with E-state index in [0.29, 0.717) is 6.04 Å². The van der Waals surface area contributed by atoms with Crippen LogP contribution in [0.25, 0.3) is 0 Å². The lowest BCUT2D eigenvalue weighted by Crippen LogP contribution is -2.40. The van der Waals surface area contributed by atoms with Gasteiger partial charge in [0.05, 0.1) is 0 Å². The molecule has 0 bridgehead atoms. The Labute approximate surface area is 130 Å². The fourth-order valence-electron chi connectivity index (χ4n) is 3.39. The SMILES string of the molecule is CCNC(CN1CCC(C(C)C)CC1)c1ccc(C)cc1. The minimum absolute atomic E-state index is 0.464. The van der Waals surface area contributed by atoms with Crippen molar-refractivity contribution in [2.45, 2.75) is 46.6 Å². The Kier molecular flexibility index (Phi) is 6.25. The summed E-state index contributed by atoms with van der Waals surface area (Å²) in [5, 5.41) is 3.66. The van der Waals surface area contributed by atoms with Crippen LogP contribution < -0.4 is 5.32 Å². The van der Waals surface area contributed by atoms with Crippen LogP contribution in [0.15, 0.2) is 24.3 Å². The minimum Gasteiger partial charge on any atom is -0.309 e. The number of piperidine rings is 1. The average Bonchev–Trinajstić information content (AvgIpc) is 2.48. The lowest BCUT2D eigenvalue weighted by atomic mass is 9.86. The molecule has 1 aliphatic heterocycles. The van der Waals surface area contributed by atoms with E-state index in [9.17, 15) is 0 Å². The van der Waals surface area contributed by atoms with Gasteiger partial charge in [-0.3, -0.25) is 0 Å². The van der Waals surface area contributed by atoms with Crippen LogP contribution in [0.2, 0.25) is 0 Å². The van der Waals surface area contributed by atoms with E-state index in [2.05, 4.69) is 62.2 Å². The molecule has 2 rings (SSSR count). The molecule has 0 aromatic heterocycles. The fraction of sp³-hybridized carbons (Fsp3) is 0.684. The van der Waals surface area contributed by atoms with Gasteiger partial charge in [-0.15, -0.1) is 0 Å². The van der Waals surface area contributed by atoms with E-state index in [1.807, 2.05) is 0 Å². The van der Waals surface area contributed by atoms with Gasteiger partial charge < -0.3 is 10.2 Å². The Morgan fingerprint density at radius 1 is 1.14 bits per heavy atom. The van der Waals surface area contributed by atoms with Crippen molar-refractivity contribution in [3.8, 4) is 0 Å². The second-order valence-electron chi connectivity index (χ2n) is 6.90. The Morgan fingerprint density at radius 3 is 2.29 bits per heavy atom. The smallest absolute Gasteiger partial charge is 0.0449 e. The Bertz CT molecular complexity index is 402. The van der Waals surface area contributed by atoms with Crippen molar-refractivity contribution in [2.75, 3.05) is 26.2 Å². The summed E-state index contributed by atoms with van der Waals surface area (Å²) in [6, 6.07) is 9.48. The van der Waals surface area contributed by atoms with E-state index in [4.69, 9.17) is 0 Å². The summed E-state index contributed by atoms with van der Waals surface area (Å²) >= 11 is 0. The van der Waals surface area contributed by atoms with Gasteiger partial charge in [-0.05, 0) is 56.8 Å². The lowest BCUT2D eigenvalue weighted by molar-refractivity contribution is 0.146. The molecule has 1 N–H and O–H groups in total. The topological polar surface area (TPSA) is 15.3 Å². The number of rotatable bonds is 6. The molecule has 1 aromatic rings. The molecule has 1 aliphatic rings. The lowest BCUT2D eigenvalue weighted by Gasteiger charge is -2.36. The molecule has 1 heterocycles. The average molecular weight is 288 g/mol. The Morgan fingerprint density at radius 2 is 1.76 bits per heavy atom. The summed E-state index contributed by atoms with van der Waals surface area (Å²) in [4.78, 5) is 2.64. The van der Waals surface area contributed by atoms with E-state index >= 15 is 0 Å². The summed E-state index contributed by atoms with van der Waals surface area (Å²) in [6.45, 7) is 13.8. The highest BCUT2D eigenvalue weighted by molar-refractivity contribution is 5.24. The number of nitrogens with one attached hydrogen (secondary N) is 1. The molecule has 118 valence electrons. The molecular formula is C19H32N2. The molecule has 2 heteroatoms. The van der Waals surface area contributed by atoms with Gasteiger partial charge in [-0.25, -0.2) is 0 Å². The van der Waals surface area contributed by atoms with E-state index in [1.54, 1.807) is 0 Å². The summed E-state index contributed by atoms with van der Waals surface area (Å²) in [7, 11) is 0. The first-order chi connectivity index (χ1) is 10.1. The molecule has 1 aromatic carbocycles. The van der Waals surface area contributed by atoms with E-state index in [1.165, 1.54) is 37.1 Å². The van der Waals surface area contributed by atoms with Crippen LogP contribution in [0.5, 0.6) is 0 Å². The molecular weight excluding hydrogens is 256 g/mol. The maximum absolute atomic E-state index is 3.66. The predicted octanol–water partition coefficient (Wildman–Crippen LogP) is 4.01. The third-order valence-electron chi connectivity index (χ3n) is 4.95. The fourth-order valence-corrected chi connectivity index (χ4v) is 3.39. The van der Waals surface area contributed by atoms with Crippen LogP contribution in [0, 0.1) is 18.8 Å². The normalized spacial score (nSPS) is 19.1. The summed E-state index contributed by atoms with van der Waals surface area (Å²) in [5.74, 6) is 1.77. The molecule has 1 saturated heterocycles. The number of likely N-dealkylation sites (tertiary alicyclic amines) is 1. The highest BCUT2D eigenvalue weighted by Gasteiger charge is 2.23. The molecule has 0 spiro atoms. The van der Waals surface area contributed by atoms with Crippen LogP contribution >= 0.6 is 0 Å². The Hall–Kier alpha value is -0.860. The van der Waals surface area contributed by atoms with Crippen molar-refractivity contribution in [2.24, 2.45) is 11.8 Å². The predicted molar refractivity (Wildman–Crippen MR) is 91.6 cm³/mol. The van der Waals surface area contributed by atoms with E-state index < -0.39 is 0 Å². The van der Waals surface area contributed by atoms with Gasteiger partial charge in [-0.2, -0.15) is 0 Å². The van der Waals surface area contributed by atoms with Crippen molar-refractivity contribution in [3.63, 3.8) is 0 Å². The first-order valence-corrected chi connectivity index (χ1v) is 8.62. The van der Waals surface area contributed by atoms with Gasteiger partial charge in [0.25, 0.3) is 0 Å². The zero-order chi connectivity index (χ0) is 15.2. The third-order valence-corrected chi connectivity index (χ3v) is 4.95. The van der Waals surface area contributed by atoms with Crippen molar-refractivity contribution in [1.82, 2.24) is 10.2 Å². The molecule has 0 radical (unpaired) electrons. The van der Waals surface area contributed by atoms with Gasteiger partial charge in [-0.1, -0.05) is 50.6 Å². The number of aryl methyl sites for hydroxylation is 1. The van der Waals surface area contributed by atoms with Crippen LogP contribution in [0.1, 0.15) is 50.8 Å². The zero-order valence-electron chi connectivity index (χ0n) is 14.2. The number of benzene rings is 1. The van der Waals surface area contributed by atoms with Crippen LogP contribution in [0.3, 0.4) is 0 Å². The second-order valence-corrected chi connectivity index (χ2v) is 6.90. The third kappa shape index (κ3) is 4.82. The largest absolute Gasteiger partial charge is 0.309 e. The summed E-state index contributed by atoms with van der Waals surface area (Å²) in [6.07, 6.45) is 2.73. The number of likely N-dealkylation sites (N-methyl/N-ethyl adjacent to an activating group) is 1. The van der Waals surface area contributed by atoms with Gasteiger partial charge in [0.2, 0.25) is 0 Å². The van der Waals surface area contributed by atoms with E-state index in [-0.39, 0.29) is 0 Å². The Balaban J connectivity index is 1.93. The van der Waals surface area contributed by atoms with Gasteiger partial charge in [0.1, 0.15) is 0 Å². The summed E-state index contributed by atoms with van der Waals surface area (Å²) in [5.41, 5.74) is 2.76. The van der Waals surface area contributed by atoms with Gasteiger partial charge in [0, 0.05) is 12.6 Å². The number of nitrogens with zero attached hydrogens (tertiary/aromatic N) is 1. The summed E-state index contributed by atoms with van der Waals surface area (Å²) < 4.78 is 0. The highest BCUT2D eigenvalue weighted by atomic mass is 15.2. The molecule has 0 amide bonds. The quantitative estimate of drug-likeness (QED) is 0.850. The first-order valence-electron chi connectivity index (χ1n) is 8.62. The van der Waals surface area contributed by atoms with Crippen molar-refractivity contribution in [1.29, 1.82) is 0 Å². The van der Waals surface area contributed by atoms with Crippen molar-refractivity contribution in [3.05, 3.63) is 35.4 Å². The van der Waals surface area contributed by atoms with Crippen molar-refractivity contribution >= 4 is 0 Å². The maximum Gasteiger partial charge on any atom is 0.0449 e.